The zero-order chi connectivity index (χ0) is 13.8. The van der Waals surface area contributed by atoms with Crippen LogP contribution in [0.4, 0.5) is 0 Å². The molecule has 0 radical (unpaired) electrons. The lowest BCUT2D eigenvalue weighted by atomic mass is 10.1. The van der Waals surface area contributed by atoms with Crippen molar-refractivity contribution in [3.8, 4) is 5.75 Å². The Labute approximate surface area is 125 Å². The molecule has 5 heteroatoms. The highest BCUT2D eigenvalue weighted by Gasteiger charge is 2.24. The molecule has 0 aliphatic carbocycles. The minimum atomic E-state index is -0.322. The van der Waals surface area contributed by atoms with Gasteiger partial charge in [-0.3, -0.25) is 0 Å². The second-order valence-corrected chi connectivity index (χ2v) is 5.49. The lowest BCUT2D eigenvalue weighted by Crippen LogP contribution is -2.31. The molecule has 0 bridgehead atoms. The fourth-order valence-electron chi connectivity index (χ4n) is 1.73. The summed E-state index contributed by atoms with van der Waals surface area (Å²) in [5.74, 6) is 1.41. The minimum Gasteiger partial charge on any atom is -0.480 e. The van der Waals surface area contributed by atoms with Gasteiger partial charge in [-0.15, -0.1) is 0 Å². The molecular weight excluding hydrogens is 330 g/mol. The summed E-state index contributed by atoms with van der Waals surface area (Å²) in [5.41, 5.74) is 6.11. The molecule has 0 aliphatic rings. The maximum absolute atomic E-state index is 6.11. The van der Waals surface area contributed by atoms with Crippen LogP contribution in [0.15, 0.2) is 45.5 Å². The van der Waals surface area contributed by atoms with E-state index in [1.807, 2.05) is 25.1 Å². The third-order valence-electron chi connectivity index (χ3n) is 2.83. The van der Waals surface area contributed by atoms with Crippen LogP contribution >= 0.6 is 27.5 Å². The van der Waals surface area contributed by atoms with Crippen molar-refractivity contribution in [1.29, 1.82) is 0 Å². The van der Waals surface area contributed by atoms with Crippen molar-refractivity contribution in [2.75, 3.05) is 0 Å². The van der Waals surface area contributed by atoms with Crippen molar-refractivity contribution in [2.45, 2.75) is 25.5 Å². The Morgan fingerprint density at radius 1 is 1.42 bits per heavy atom. The summed E-state index contributed by atoms with van der Waals surface area (Å²) >= 11 is 9.34. The highest BCUT2D eigenvalue weighted by molar-refractivity contribution is 9.10. The van der Waals surface area contributed by atoms with Crippen LogP contribution in [0, 0.1) is 0 Å². The maximum atomic E-state index is 6.11. The smallest absolute Gasteiger partial charge is 0.171 e. The number of benzene rings is 1. The third-order valence-corrected chi connectivity index (χ3v) is 3.69. The predicted molar refractivity (Wildman–Crippen MR) is 79.5 cm³/mol. The Balaban J connectivity index is 2.25. The summed E-state index contributed by atoms with van der Waals surface area (Å²) in [6, 6.07) is 8.92. The Hall–Kier alpha value is -0.970. The van der Waals surface area contributed by atoms with Crippen molar-refractivity contribution in [3.05, 3.63) is 51.9 Å². The standard InChI is InChI=1S/C14H15BrClNO2/c1-2-11(17)14(13-4-3-7-18-13)19-12-6-5-9(16)8-10(12)15/h3-8,11,14H,2,17H2,1H3. The molecule has 2 rings (SSSR count). The van der Waals surface area contributed by atoms with E-state index in [0.717, 1.165) is 16.7 Å². The fourth-order valence-corrected chi connectivity index (χ4v) is 2.51. The van der Waals surface area contributed by atoms with Gasteiger partial charge in [0.2, 0.25) is 0 Å². The average Bonchev–Trinajstić information content (AvgIpc) is 2.91. The predicted octanol–water partition coefficient (Wildman–Crippen LogP) is 4.55. The zero-order valence-corrected chi connectivity index (χ0v) is 12.8. The number of rotatable bonds is 5. The Morgan fingerprint density at radius 3 is 2.79 bits per heavy atom. The highest BCUT2D eigenvalue weighted by Crippen LogP contribution is 2.33. The van der Waals surface area contributed by atoms with Gasteiger partial charge in [0, 0.05) is 11.1 Å². The molecule has 0 fully saturated rings. The molecule has 1 aromatic carbocycles. The van der Waals surface area contributed by atoms with E-state index in [1.165, 1.54) is 0 Å². The molecule has 2 unspecified atom stereocenters. The van der Waals surface area contributed by atoms with Gasteiger partial charge in [0.15, 0.2) is 6.10 Å². The monoisotopic (exact) mass is 343 g/mol. The van der Waals surface area contributed by atoms with Crippen molar-refractivity contribution >= 4 is 27.5 Å². The molecule has 2 N–H and O–H groups in total. The molecule has 0 saturated heterocycles. The van der Waals surface area contributed by atoms with Crippen molar-refractivity contribution in [1.82, 2.24) is 0 Å². The van der Waals surface area contributed by atoms with E-state index in [2.05, 4.69) is 15.9 Å². The molecule has 0 saturated carbocycles. The first-order valence-electron chi connectivity index (χ1n) is 6.02. The van der Waals surface area contributed by atoms with Crippen molar-refractivity contribution < 1.29 is 9.15 Å². The van der Waals surface area contributed by atoms with Gasteiger partial charge in [-0.2, -0.15) is 0 Å². The van der Waals surface area contributed by atoms with E-state index in [9.17, 15) is 0 Å². The fraction of sp³-hybridized carbons (Fsp3) is 0.286. The molecule has 19 heavy (non-hydrogen) atoms. The summed E-state index contributed by atoms with van der Waals surface area (Å²) in [6.07, 6.45) is 2.08. The molecule has 1 heterocycles. The minimum absolute atomic E-state index is 0.145. The van der Waals surface area contributed by atoms with Gasteiger partial charge in [-0.05, 0) is 52.7 Å². The molecule has 2 atom stereocenters. The number of halogens is 2. The van der Waals surface area contributed by atoms with E-state index >= 15 is 0 Å². The van der Waals surface area contributed by atoms with Gasteiger partial charge < -0.3 is 14.9 Å². The first-order valence-corrected chi connectivity index (χ1v) is 7.19. The molecule has 0 spiro atoms. The second-order valence-electron chi connectivity index (χ2n) is 4.20. The molecule has 102 valence electrons. The van der Waals surface area contributed by atoms with Crippen LogP contribution < -0.4 is 10.5 Å². The zero-order valence-electron chi connectivity index (χ0n) is 10.5. The summed E-state index contributed by atoms with van der Waals surface area (Å²) < 4.78 is 12.2. The normalized spacial score (nSPS) is 14.1. The Bertz CT molecular complexity index is 530. The number of furan rings is 1. The SMILES string of the molecule is CCC(N)C(Oc1ccc(Cl)cc1Br)c1ccco1. The van der Waals surface area contributed by atoms with E-state index in [-0.39, 0.29) is 12.1 Å². The quantitative estimate of drug-likeness (QED) is 0.865. The van der Waals surface area contributed by atoms with Crippen molar-refractivity contribution in [2.24, 2.45) is 5.73 Å². The first-order chi connectivity index (χ1) is 9.11. The Morgan fingerprint density at radius 2 is 2.21 bits per heavy atom. The van der Waals surface area contributed by atoms with Crippen LogP contribution in [-0.4, -0.2) is 6.04 Å². The molecule has 0 amide bonds. The third kappa shape index (κ3) is 3.53. The Kier molecular flexibility index (Phi) is 4.91. The van der Waals surface area contributed by atoms with Crippen LogP contribution in [0.3, 0.4) is 0 Å². The molecule has 3 nitrogen and oxygen atoms in total. The van der Waals surface area contributed by atoms with Crippen LogP contribution in [0.1, 0.15) is 25.2 Å². The van der Waals surface area contributed by atoms with Crippen LogP contribution in [0.25, 0.3) is 0 Å². The average molecular weight is 345 g/mol. The van der Waals surface area contributed by atoms with Crippen LogP contribution in [0.2, 0.25) is 5.02 Å². The van der Waals surface area contributed by atoms with Crippen LogP contribution in [-0.2, 0) is 0 Å². The number of hydrogen-bond acceptors (Lipinski definition) is 3. The second kappa shape index (κ2) is 6.46. The lowest BCUT2D eigenvalue weighted by molar-refractivity contribution is 0.144. The largest absolute Gasteiger partial charge is 0.480 e. The van der Waals surface area contributed by atoms with Crippen molar-refractivity contribution in [3.63, 3.8) is 0 Å². The summed E-state index contributed by atoms with van der Waals surface area (Å²) in [5, 5.41) is 0.647. The number of nitrogens with two attached hydrogens (primary N) is 1. The van der Waals surface area contributed by atoms with Gasteiger partial charge in [-0.25, -0.2) is 0 Å². The van der Waals surface area contributed by atoms with Gasteiger partial charge >= 0.3 is 0 Å². The van der Waals surface area contributed by atoms with Crippen LogP contribution in [0.5, 0.6) is 5.75 Å². The van der Waals surface area contributed by atoms with Gasteiger partial charge in [0.05, 0.1) is 10.7 Å². The number of hydrogen-bond donors (Lipinski definition) is 1. The van der Waals surface area contributed by atoms with E-state index < -0.39 is 0 Å². The van der Waals surface area contributed by atoms with Gasteiger partial charge in [0.1, 0.15) is 11.5 Å². The number of ether oxygens (including phenoxy) is 1. The van der Waals surface area contributed by atoms with E-state index in [0.29, 0.717) is 10.8 Å². The maximum Gasteiger partial charge on any atom is 0.171 e. The van der Waals surface area contributed by atoms with Gasteiger partial charge in [0.25, 0.3) is 0 Å². The summed E-state index contributed by atoms with van der Waals surface area (Å²) in [4.78, 5) is 0. The molecule has 2 aromatic rings. The lowest BCUT2D eigenvalue weighted by Gasteiger charge is -2.23. The summed E-state index contributed by atoms with van der Waals surface area (Å²) in [6.45, 7) is 2.01. The van der Waals surface area contributed by atoms with E-state index in [1.54, 1.807) is 18.4 Å². The topological polar surface area (TPSA) is 48.4 Å². The summed E-state index contributed by atoms with van der Waals surface area (Å²) in [7, 11) is 0. The highest BCUT2D eigenvalue weighted by atomic mass is 79.9. The molecular formula is C14H15BrClNO2. The van der Waals surface area contributed by atoms with E-state index in [4.69, 9.17) is 26.5 Å². The molecule has 1 aromatic heterocycles. The van der Waals surface area contributed by atoms with Gasteiger partial charge in [-0.1, -0.05) is 18.5 Å². The molecule has 0 aliphatic heterocycles. The first kappa shape index (κ1) is 14.4.